The van der Waals surface area contributed by atoms with Crippen molar-refractivity contribution in [2.45, 2.75) is 38.6 Å². The number of amides is 2. The summed E-state index contributed by atoms with van der Waals surface area (Å²) in [4.78, 5) is 26.9. The fourth-order valence-electron chi connectivity index (χ4n) is 3.05. The van der Waals surface area contributed by atoms with Gasteiger partial charge in [-0.05, 0) is 24.7 Å². The van der Waals surface area contributed by atoms with Gasteiger partial charge in [-0.2, -0.15) is 11.8 Å². The zero-order valence-corrected chi connectivity index (χ0v) is 15.6. The van der Waals surface area contributed by atoms with Gasteiger partial charge in [-0.1, -0.05) is 44.2 Å². The van der Waals surface area contributed by atoms with Crippen LogP contribution in [0.5, 0.6) is 0 Å². The SMILES string of the molecule is CSC[C@H](C(=O)N1CCC[C@H](NC(=O)C(C)C)C1)c1ccccc1. The number of likely N-dealkylation sites (tertiary alicyclic amines) is 1. The highest BCUT2D eigenvalue weighted by Crippen LogP contribution is 2.24. The van der Waals surface area contributed by atoms with E-state index in [0.29, 0.717) is 6.54 Å². The second-order valence-electron chi connectivity index (χ2n) is 6.71. The molecule has 132 valence electrons. The molecule has 1 aromatic rings. The molecule has 1 fully saturated rings. The van der Waals surface area contributed by atoms with Gasteiger partial charge in [-0.25, -0.2) is 0 Å². The lowest BCUT2D eigenvalue weighted by molar-refractivity contribution is -0.135. The fourth-order valence-corrected chi connectivity index (χ4v) is 3.71. The van der Waals surface area contributed by atoms with Crippen molar-refractivity contribution in [1.29, 1.82) is 0 Å². The van der Waals surface area contributed by atoms with Gasteiger partial charge < -0.3 is 10.2 Å². The second-order valence-corrected chi connectivity index (χ2v) is 7.62. The van der Waals surface area contributed by atoms with Gasteiger partial charge in [0.2, 0.25) is 11.8 Å². The largest absolute Gasteiger partial charge is 0.351 e. The van der Waals surface area contributed by atoms with Gasteiger partial charge in [-0.15, -0.1) is 0 Å². The zero-order valence-electron chi connectivity index (χ0n) is 14.8. The summed E-state index contributed by atoms with van der Waals surface area (Å²) in [6, 6.07) is 10.1. The number of hydrogen-bond donors (Lipinski definition) is 1. The van der Waals surface area contributed by atoms with Gasteiger partial charge in [-0.3, -0.25) is 9.59 Å². The summed E-state index contributed by atoms with van der Waals surface area (Å²) in [6.45, 7) is 5.19. The lowest BCUT2D eigenvalue weighted by Crippen LogP contribution is -2.51. The third-order valence-corrected chi connectivity index (χ3v) is 5.10. The van der Waals surface area contributed by atoms with E-state index in [0.717, 1.165) is 30.7 Å². The van der Waals surface area contributed by atoms with Crippen LogP contribution in [0, 0.1) is 5.92 Å². The molecule has 5 heteroatoms. The molecule has 2 atom stereocenters. The van der Waals surface area contributed by atoms with Crippen LogP contribution >= 0.6 is 11.8 Å². The Bertz CT molecular complexity index is 548. The third-order valence-electron chi connectivity index (χ3n) is 4.44. The monoisotopic (exact) mass is 348 g/mol. The maximum absolute atomic E-state index is 13.1. The standard InChI is InChI=1S/C19H28N2O2S/c1-14(2)18(22)20-16-10-7-11-21(12-16)19(23)17(13-24-3)15-8-5-4-6-9-15/h4-6,8-9,14,16-17H,7,10-13H2,1-3H3,(H,20,22)/t16-,17-/m0/s1. The van der Waals surface area contributed by atoms with E-state index in [1.807, 2.05) is 55.3 Å². The van der Waals surface area contributed by atoms with E-state index in [9.17, 15) is 9.59 Å². The summed E-state index contributed by atoms with van der Waals surface area (Å²) in [5.74, 6) is 0.894. The Morgan fingerprint density at radius 1 is 1.29 bits per heavy atom. The Morgan fingerprint density at radius 2 is 2.00 bits per heavy atom. The molecule has 24 heavy (non-hydrogen) atoms. The summed E-state index contributed by atoms with van der Waals surface area (Å²) in [5, 5.41) is 3.08. The number of carbonyl (C=O) groups excluding carboxylic acids is 2. The molecule has 1 heterocycles. The highest BCUT2D eigenvalue weighted by molar-refractivity contribution is 7.98. The van der Waals surface area contributed by atoms with E-state index in [1.165, 1.54) is 0 Å². The molecular weight excluding hydrogens is 320 g/mol. The third kappa shape index (κ3) is 5.00. The van der Waals surface area contributed by atoms with Crippen LogP contribution in [-0.2, 0) is 9.59 Å². The number of nitrogens with zero attached hydrogens (tertiary/aromatic N) is 1. The number of nitrogens with one attached hydrogen (secondary N) is 1. The molecule has 1 aliphatic heterocycles. The van der Waals surface area contributed by atoms with Crippen LogP contribution in [0.15, 0.2) is 30.3 Å². The Hall–Kier alpha value is -1.49. The highest BCUT2D eigenvalue weighted by atomic mass is 32.2. The van der Waals surface area contributed by atoms with E-state index in [2.05, 4.69) is 5.32 Å². The second kappa shape index (κ2) is 9.11. The van der Waals surface area contributed by atoms with Gasteiger partial charge in [0.1, 0.15) is 0 Å². The van der Waals surface area contributed by atoms with Crippen LogP contribution in [0.3, 0.4) is 0 Å². The van der Waals surface area contributed by atoms with Gasteiger partial charge >= 0.3 is 0 Å². The molecule has 0 spiro atoms. The van der Waals surface area contributed by atoms with E-state index in [4.69, 9.17) is 0 Å². The molecule has 0 saturated carbocycles. The van der Waals surface area contributed by atoms with Crippen LogP contribution < -0.4 is 5.32 Å². The summed E-state index contributed by atoms with van der Waals surface area (Å²) in [7, 11) is 0. The number of thioether (sulfide) groups is 1. The molecule has 1 N–H and O–H groups in total. The first-order valence-electron chi connectivity index (χ1n) is 8.66. The van der Waals surface area contributed by atoms with Crippen molar-refractivity contribution in [3.8, 4) is 0 Å². The van der Waals surface area contributed by atoms with Gasteiger partial charge in [0, 0.05) is 30.8 Å². The van der Waals surface area contributed by atoms with Crippen LogP contribution in [0.25, 0.3) is 0 Å². The van der Waals surface area contributed by atoms with Crippen LogP contribution in [0.4, 0.5) is 0 Å². The van der Waals surface area contributed by atoms with Gasteiger partial charge in [0.15, 0.2) is 0 Å². The summed E-state index contributed by atoms with van der Waals surface area (Å²) >= 11 is 1.70. The molecule has 1 aromatic carbocycles. The van der Waals surface area contributed by atoms with Gasteiger partial charge in [0.25, 0.3) is 0 Å². The molecule has 4 nitrogen and oxygen atoms in total. The zero-order chi connectivity index (χ0) is 17.5. The fraction of sp³-hybridized carbons (Fsp3) is 0.579. The maximum atomic E-state index is 13.1. The minimum atomic E-state index is -0.110. The Balaban J connectivity index is 2.05. The smallest absolute Gasteiger partial charge is 0.231 e. The minimum Gasteiger partial charge on any atom is -0.351 e. The van der Waals surface area contributed by atoms with Crippen molar-refractivity contribution in [1.82, 2.24) is 10.2 Å². The lowest BCUT2D eigenvalue weighted by Gasteiger charge is -2.35. The first kappa shape index (κ1) is 18.8. The van der Waals surface area contributed by atoms with Gasteiger partial charge in [0.05, 0.1) is 5.92 Å². The van der Waals surface area contributed by atoms with Crippen molar-refractivity contribution in [2.75, 3.05) is 25.1 Å². The molecule has 1 aliphatic rings. The van der Waals surface area contributed by atoms with Crippen molar-refractivity contribution in [2.24, 2.45) is 5.92 Å². The predicted octanol–water partition coefficient (Wildman–Crippen LogP) is 2.90. The average Bonchev–Trinajstić information content (AvgIpc) is 2.60. The lowest BCUT2D eigenvalue weighted by atomic mass is 9.97. The molecule has 1 saturated heterocycles. The van der Waals surface area contributed by atoms with E-state index >= 15 is 0 Å². The summed E-state index contributed by atoms with van der Waals surface area (Å²) in [6.07, 6.45) is 3.92. The van der Waals surface area contributed by atoms with E-state index in [-0.39, 0.29) is 29.7 Å². The maximum Gasteiger partial charge on any atom is 0.231 e. The first-order chi connectivity index (χ1) is 11.5. The molecule has 0 aliphatic carbocycles. The Kier molecular flexibility index (Phi) is 7.16. The Morgan fingerprint density at radius 3 is 2.62 bits per heavy atom. The molecule has 0 aromatic heterocycles. The number of benzene rings is 1. The predicted molar refractivity (Wildman–Crippen MR) is 100 cm³/mol. The van der Waals surface area contributed by atoms with E-state index in [1.54, 1.807) is 11.8 Å². The summed E-state index contributed by atoms with van der Waals surface area (Å²) < 4.78 is 0. The number of rotatable bonds is 6. The molecule has 2 rings (SSSR count). The topological polar surface area (TPSA) is 49.4 Å². The first-order valence-corrected chi connectivity index (χ1v) is 10.0. The normalized spacial score (nSPS) is 19.2. The van der Waals surface area contributed by atoms with E-state index < -0.39 is 0 Å². The Labute approximate surface area is 149 Å². The quantitative estimate of drug-likeness (QED) is 0.860. The van der Waals surface area contributed by atoms with Crippen molar-refractivity contribution < 1.29 is 9.59 Å². The van der Waals surface area contributed by atoms with Crippen LogP contribution in [0.2, 0.25) is 0 Å². The van der Waals surface area contributed by atoms with Crippen LogP contribution in [-0.4, -0.2) is 47.9 Å². The van der Waals surface area contributed by atoms with Crippen LogP contribution in [0.1, 0.15) is 38.2 Å². The number of hydrogen-bond acceptors (Lipinski definition) is 3. The number of carbonyl (C=O) groups is 2. The molecule has 0 unspecified atom stereocenters. The molecule has 0 bridgehead atoms. The van der Waals surface area contributed by atoms with Crippen molar-refractivity contribution in [3.05, 3.63) is 35.9 Å². The van der Waals surface area contributed by atoms with Crippen molar-refractivity contribution in [3.63, 3.8) is 0 Å². The molecule has 2 amide bonds. The minimum absolute atomic E-state index is 0.0235. The average molecular weight is 349 g/mol. The number of piperidine rings is 1. The van der Waals surface area contributed by atoms with Crippen molar-refractivity contribution >= 4 is 23.6 Å². The highest BCUT2D eigenvalue weighted by Gasteiger charge is 2.30. The molecular formula is C19H28N2O2S. The molecule has 0 radical (unpaired) electrons. The summed E-state index contributed by atoms with van der Waals surface area (Å²) in [5.41, 5.74) is 1.07.